The number of nitrogens with zero attached hydrogens (tertiary/aromatic N) is 2. The van der Waals surface area contributed by atoms with Gasteiger partial charge in [0.1, 0.15) is 6.04 Å². The smallest absolute Gasteiger partial charge is 0.140 e. The normalized spacial score (nSPS) is 13.6. The van der Waals surface area contributed by atoms with Crippen molar-refractivity contribution in [2.45, 2.75) is 40.2 Å². The van der Waals surface area contributed by atoms with Gasteiger partial charge in [-0.15, -0.1) is 6.58 Å². The number of rotatable bonds is 6. The number of aliphatic imine (C=N–C) groups is 1. The summed E-state index contributed by atoms with van der Waals surface area (Å²) in [7, 11) is 0. The summed E-state index contributed by atoms with van der Waals surface area (Å²) in [6, 6.07) is 1.82. The summed E-state index contributed by atoms with van der Waals surface area (Å²) in [4.78, 5) is 4.19. The zero-order chi connectivity index (χ0) is 14.0. The molecule has 0 saturated heterocycles. The van der Waals surface area contributed by atoms with Gasteiger partial charge in [-0.3, -0.25) is 4.99 Å². The quantitative estimate of drug-likeness (QED) is 0.386. The van der Waals surface area contributed by atoms with Crippen molar-refractivity contribution in [2.24, 2.45) is 4.99 Å². The fraction of sp³-hybridized carbons (Fsp3) is 0.375. The second-order valence-electron chi connectivity index (χ2n) is 4.62. The minimum Gasteiger partial charge on any atom is -0.274 e. The average molecular weight is 242 g/mol. The van der Waals surface area contributed by atoms with E-state index in [-0.39, 0.29) is 6.04 Å². The van der Waals surface area contributed by atoms with Crippen LogP contribution in [0.15, 0.2) is 52.6 Å². The molecule has 0 aliphatic rings. The monoisotopic (exact) mass is 242 g/mol. The molecule has 0 saturated carbocycles. The van der Waals surface area contributed by atoms with E-state index in [1.165, 1.54) is 5.57 Å². The average Bonchev–Trinajstić information content (AvgIpc) is 2.26. The van der Waals surface area contributed by atoms with Crippen LogP contribution in [0, 0.1) is 11.3 Å². The molecule has 2 heteroatoms. The number of hydrogen-bond acceptors (Lipinski definition) is 2. The second kappa shape index (κ2) is 9.18. The lowest BCUT2D eigenvalue weighted by Gasteiger charge is -2.00. The van der Waals surface area contributed by atoms with E-state index < -0.39 is 0 Å². The predicted octanol–water partition coefficient (Wildman–Crippen LogP) is 4.38. The lowest BCUT2D eigenvalue weighted by atomic mass is 10.1. The third kappa shape index (κ3) is 9.35. The van der Waals surface area contributed by atoms with Gasteiger partial charge in [-0.25, -0.2) is 0 Å². The molecule has 0 aliphatic heterocycles. The Labute approximate surface area is 111 Å². The fourth-order valence-corrected chi connectivity index (χ4v) is 1.17. The predicted molar refractivity (Wildman–Crippen MR) is 79.7 cm³/mol. The third-order valence-corrected chi connectivity index (χ3v) is 2.08. The Hall–Kier alpha value is -1.88. The van der Waals surface area contributed by atoms with Crippen molar-refractivity contribution < 1.29 is 0 Å². The molecule has 1 unspecified atom stereocenters. The summed E-state index contributed by atoms with van der Waals surface area (Å²) in [6.45, 7) is 11.8. The van der Waals surface area contributed by atoms with Gasteiger partial charge < -0.3 is 0 Å². The van der Waals surface area contributed by atoms with E-state index in [1.807, 2.05) is 38.2 Å². The molecule has 2 nitrogen and oxygen atoms in total. The molecule has 0 radical (unpaired) electrons. The highest BCUT2D eigenvalue weighted by Gasteiger charge is 2.02. The van der Waals surface area contributed by atoms with Crippen LogP contribution < -0.4 is 0 Å². The molecule has 0 spiro atoms. The van der Waals surface area contributed by atoms with Gasteiger partial charge in [-0.2, -0.15) is 5.26 Å². The van der Waals surface area contributed by atoms with Crippen LogP contribution in [0.2, 0.25) is 0 Å². The first-order valence-electron chi connectivity index (χ1n) is 6.01. The molecular weight excluding hydrogens is 220 g/mol. The lowest BCUT2D eigenvalue weighted by molar-refractivity contribution is 0.821. The summed E-state index contributed by atoms with van der Waals surface area (Å²) < 4.78 is 0. The van der Waals surface area contributed by atoms with E-state index in [1.54, 1.807) is 6.21 Å². The van der Waals surface area contributed by atoms with Crippen LogP contribution in [0.5, 0.6) is 0 Å². The maximum atomic E-state index is 8.90. The number of allylic oxidation sites excluding steroid dienone is 6. The highest BCUT2D eigenvalue weighted by molar-refractivity contribution is 5.73. The molecular formula is C16H22N2. The number of nitriles is 1. The maximum absolute atomic E-state index is 8.90. The maximum Gasteiger partial charge on any atom is 0.140 e. The molecule has 0 aliphatic carbocycles. The Morgan fingerprint density at radius 2 is 1.94 bits per heavy atom. The topological polar surface area (TPSA) is 36.1 Å². The van der Waals surface area contributed by atoms with Crippen molar-refractivity contribution in [3.8, 4) is 6.07 Å². The first-order valence-corrected chi connectivity index (χ1v) is 6.01. The van der Waals surface area contributed by atoms with Gasteiger partial charge in [-0.05, 0) is 39.3 Å². The molecule has 0 fully saturated rings. The summed E-state index contributed by atoms with van der Waals surface area (Å²) in [6.07, 6.45) is 10.3. The van der Waals surface area contributed by atoms with Crippen LogP contribution in [0.3, 0.4) is 0 Å². The molecule has 96 valence electrons. The Balaban J connectivity index is 4.43. The highest BCUT2D eigenvalue weighted by atomic mass is 14.8. The molecule has 0 rings (SSSR count). The largest absolute Gasteiger partial charge is 0.274 e. The number of hydrogen-bond donors (Lipinski definition) is 0. The van der Waals surface area contributed by atoms with E-state index in [4.69, 9.17) is 5.26 Å². The van der Waals surface area contributed by atoms with Crippen molar-refractivity contribution in [1.29, 1.82) is 5.26 Å². The lowest BCUT2D eigenvalue weighted by Crippen LogP contribution is -2.00. The van der Waals surface area contributed by atoms with Crippen LogP contribution in [0.1, 0.15) is 34.1 Å². The van der Waals surface area contributed by atoms with Gasteiger partial charge in [0.25, 0.3) is 0 Å². The van der Waals surface area contributed by atoms with E-state index in [0.29, 0.717) is 6.42 Å². The van der Waals surface area contributed by atoms with Crippen molar-refractivity contribution >= 4 is 6.21 Å². The standard InChI is InChI=1S/C16H22N2/c1-13(2)7-6-8-15(5)9-10-18-16(12-17)11-14(3)4/h6-10,16H,3,11H2,1-2,4-5H3/b8-6+,15-9+,18-10?. The van der Waals surface area contributed by atoms with Gasteiger partial charge >= 0.3 is 0 Å². The van der Waals surface area contributed by atoms with E-state index in [9.17, 15) is 0 Å². The van der Waals surface area contributed by atoms with E-state index in [0.717, 1.165) is 11.1 Å². The van der Waals surface area contributed by atoms with Crippen LogP contribution in [0.25, 0.3) is 0 Å². The van der Waals surface area contributed by atoms with Crippen LogP contribution >= 0.6 is 0 Å². The van der Waals surface area contributed by atoms with Gasteiger partial charge in [-0.1, -0.05) is 29.4 Å². The van der Waals surface area contributed by atoms with Crippen LogP contribution in [-0.2, 0) is 0 Å². The molecule has 1 atom stereocenters. The second-order valence-corrected chi connectivity index (χ2v) is 4.62. The van der Waals surface area contributed by atoms with Gasteiger partial charge in [0.2, 0.25) is 0 Å². The summed E-state index contributed by atoms with van der Waals surface area (Å²) >= 11 is 0. The SMILES string of the molecule is C=C(C)CC(C#N)N=C/C=C(C)/C=C/C=C(C)C. The summed E-state index contributed by atoms with van der Waals surface area (Å²) in [5, 5.41) is 8.90. The molecule has 0 amide bonds. The highest BCUT2D eigenvalue weighted by Crippen LogP contribution is 2.04. The molecule has 18 heavy (non-hydrogen) atoms. The van der Waals surface area contributed by atoms with Gasteiger partial charge in [0.05, 0.1) is 6.07 Å². The Morgan fingerprint density at radius 3 is 2.44 bits per heavy atom. The summed E-state index contributed by atoms with van der Waals surface area (Å²) in [5.74, 6) is 0. The molecule has 0 aromatic carbocycles. The molecule has 0 bridgehead atoms. The van der Waals surface area contributed by atoms with E-state index in [2.05, 4.69) is 31.5 Å². The minimum atomic E-state index is -0.326. The van der Waals surface area contributed by atoms with Crippen molar-refractivity contribution in [3.05, 3.63) is 47.6 Å². The molecule has 0 N–H and O–H groups in total. The molecule has 0 aromatic rings. The fourth-order valence-electron chi connectivity index (χ4n) is 1.17. The van der Waals surface area contributed by atoms with Gasteiger partial charge in [0.15, 0.2) is 0 Å². The van der Waals surface area contributed by atoms with Crippen molar-refractivity contribution in [3.63, 3.8) is 0 Å². The first-order chi connectivity index (χ1) is 8.45. The minimum absolute atomic E-state index is 0.326. The Morgan fingerprint density at radius 1 is 1.28 bits per heavy atom. The van der Waals surface area contributed by atoms with Crippen LogP contribution in [-0.4, -0.2) is 12.3 Å². The zero-order valence-electron chi connectivity index (χ0n) is 11.8. The van der Waals surface area contributed by atoms with Crippen LogP contribution in [0.4, 0.5) is 0 Å². The van der Waals surface area contributed by atoms with Gasteiger partial charge in [0, 0.05) is 12.6 Å². The Kier molecular flexibility index (Phi) is 8.22. The summed E-state index contributed by atoms with van der Waals surface area (Å²) in [5.41, 5.74) is 3.34. The first kappa shape index (κ1) is 16.1. The third-order valence-electron chi connectivity index (χ3n) is 2.08. The molecule has 0 aromatic heterocycles. The Bertz CT molecular complexity index is 425. The zero-order valence-corrected chi connectivity index (χ0v) is 11.8. The van der Waals surface area contributed by atoms with Crippen molar-refractivity contribution in [2.75, 3.05) is 0 Å². The van der Waals surface area contributed by atoms with E-state index >= 15 is 0 Å². The van der Waals surface area contributed by atoms with Crippen molar-refractivity contribution in [1.82, 2.24) is 0 Å². The molecule has 0 heterocycles.